The van der Waals surface area contributed by atoms with E-state index in [9.17, 15) is 0 Å². The first-order valence-electron chi connectivity index (χ1n) is 8.51. The lowest BCUT2D eigenvalue weighted by Gasteiger charge is -2.28. The quantitative estimate of drug-likeness (QED) is 0.215. The number of nitrogens with one attached hydrogen (secondary N) is 3. The predicted molar refractivity (Wildman–Crippen MR) is 98.9 cm³/mol. The summed E-state index contributed by atoms with van der Waals surface area (Å²) in [7, 11) is 0. The van der Waals surface area contributed by atoms with Gasteiger partial charge in [0.25, 0.3) is 0 Å². The Labute approximate surface area is 141 Å². The second-order valence-electron chi connectivity index (χ2n) is 7.43. The number of nitrogens with zero attached hydrogens (tertiary/aromatic N) is 1. The van der Waals surface area contributed by atoms with Gasteiger partial charge in [-0.1, -0.05) is 5.16 Å². The van der Waals surface area contributed by atoms with Crippen LogP contribution in [0.5, 0.6) is 0 Å². The standard InChI is InChI=1S/C17H37N5O/c1-13(19)16(3,4)20-11-8-15(7-10-18)9-12-21-17(5,6)14(2)22-23/h15,19-21,23H,7-12,18H2,1-6H3/b19-13?,22-14-. The zero-order valence-electron chi connectivity index (χ0n) is 15.8. The van der Waals surface area contributed by atoms with Gasteiger partial charge in [-0.2, -0.15) is 0 Å². The largest absolute Gasteiger partial charge is 0.411 e. The third kappa shape index (κ3) is 8.44. The van der Waals surface area contributed by atoms with Gasteiger partial charge in [0.1, 0.15) is 0 Å². The predicted octanol–water partition coefficient (Wildman–Crippen LogP) is 2.36. The van der Waals surface area contributed by atoms with E-state index in [1.807, 2.05) is 41.5 Å². The Kier molecular flexibility index (Phi) is 9.58. The summed E-state index contributed by atoms with van der Waals surface area (Å²) in [6.07, 6.45) is 3.08. The minimum atomic E-state index is -0.306. The maximum Gasteiger partial charge on any atom is 0.0734 e. The van der Waals surface area contributed by atoms with Crippen LogP contribution in [0.25, 0.3) is 0 Å². The molecule has 0 rings (SSSR count). The summed E-state index contributed by atoms with van der Waals surface area (Å²) in [5, 5.41) is 26.9. The molecule has 23 heavy (non-hydrogen) atoms. The molecule has 6 nitrogen and oxygen atoms in total. The van der Waals surface area contributed by atoms with Crippen molar-refractivity contribution in [1.82, 2.24) is 10.6 Å². The summed E-state index contributed by atoms with van der Waals surface area (Å²) in [6.45, 7) is 14.2. The van der Waals surface area contributed by atoms with E-state index >= 15 is 0 Å². The van der Waals surface area contributed by atoms with Crippen molar-refractivity contribution < 1.29 is 5.21 Å². The van der Waals surface area contributed by atoms with Crippen LogP contribution in [-0.2, 0) is 0 Å². The van der Waals surface area contributed by atoms with Crippen LogP contribution in [0.3, 0.4) is 0 Å². The molecule has 0 amide bonds. The van der Waals surface area contributed by atoms with Gasteiger partial charge in [-0.05, 0) is 86.4 Å². The number of nitrogens with two attached hydrogens (primary N) is 1. The summed E-state index contributed by atoms with van der Waals surface area (Å²) in [5.74, 6) is 0.545. The van der Waals surface area contributed by atoms with E-state index in [2.05, 4.69) is 15.8 Å². The smallest absolute Gasteiger partial charge is 0.0734 e. The molecule has 0 bridgehead atoms. The lowest BCUT2D eigenvalue weighted by molar-refractivity contribution is 0.308. The lowest BCUT2D eigenvalue weighted by atomic mass is 9.94. The zero-order chi connectivity index (χ0) is 18.1. The van der Waals surface area contributed by atoms with Crippen LogP contribution >= 0.6 is 0 Å². The van der Waals surface area contributed by atoms with Crippen LogP contribution in [0.2, 0.25) is 0 Å². The van der Waals surface area contributed by atoms with Gasteiger partial charge < -0.3 is 27.0 Å². The second-order valence-corrected chi connectivity index (χ2v) is 7.43. The molecule has 0 aliphatic heterocycles. The first kappa shape index (κ1) is 22.0. The number of oxime groups is 1. The van der Waals surface area contributed by atoms with Crippen molar-refractivity contribution in [3.63, 3.8) is 0 Å². The van der Waals surface area contributed by atoms with Gasteiger partial charge >= 0.3 is 0 Å². The summed E-state index contributed by atoms with van der Waals surface area (Å²) in [6, 6.07) is 0. The third-order valence-corrected chi connectivity index (χ3v) is 4.81. The summed E-state index contributed by atoms with van der Waals surface area (Å²) < 4.78 is 0. The van der Waals surface area contributed by atoms with Gasteiger partial charge in [0.05, 0.1) is 16.8 Å². The molecule has 6 N–H and O–H groups in total. The molecule has 0 spiro atoms. The Balaban J connectivity index is 4.30. The van der Waals surface area contributed by atoms with Crippen molar-refractivity contribution in [2.45, 2.75) is 71.9 Å². The van der Waals surface area contributed by atoms with E-state index in [-0.39, 0.29) is 11.1 Å². The molecule has 0 saturated carbocycles. The molecule has 0 heterocycles. The first-order valence-corrected chi connectivity index (χ1v) is 8.51. The topological polar surface area (TPSA) is 107 Å². The Morgan fingerprint density at radius 3 is 1.91 bits per heavy atom. The molecule has 0 fully saturated rings. The maximum absolute atomic E-state index is 8.91. The first-order chi connectivity index (χ1) is 10.6. The highest BCUT2D eigenvalue weighted by Gasteiger charge is 2.22. The van der Waals surface area contributed by atoms with E-state index < -0.39 is 0 Å². The molecule has 1 atom stereocenters. The van der Waals surface area contributed by atoms with Crippen molar-refractivity contribution >= 4 is 11.4 Å². The van der Waals surface area contributed by atoms with Crippen molar-refractivity contribution in [1.29, 1.82) is 5.41 Å². The molecule has 0 saturated heterocycles. The fraction of sp³-hybridized carbons (Fsp3) is 0.882. The SMILES string of the molecule is CC(=N)C(C)(C)NCCC(CCN)CCNC(C)(C)/C(C)=N\O. The lowest BCUT2D eigenvalue weighted by Crippen LogP contribution is -2.47. The monoisotopic (exact) mass is 327 g/mol. The van der Waals surface area contributed by atoms with Gasteiger partial charge in [-0.15, -0.1) is 0 Å². The molecule has 0 aliphatic carbocycles. The van der Waals surface area contributed by atoms with E-state index in [0.29, 0.717) is 23.9 Å². The Morgan fingerprint density at radius 2 is 1.52 bits per heavy atom. The highest BCUT2D eigenvalue weighted by Crippen LogP contribution is 2.14. The normalized spacial score (nSPS) is 14.8. The fourth-order valence-corrected chi connectivity index (χ4v) is 2.23. The van der Waals surface area contributed by atoms with E-state index in [0.717, 1.165) is 32.4 Å². The second kappa shape index (κ2) is 10.0. The third-order valence-electron chi connectivity index (χ3n) is 4.81. The van der Waals surface area contributed by atoms with Crippen LogP contribution in [0.1, 0.15) is 60.8 Å². The summed E-state index contributed by atoms with van der Waals surface area (Å²) >= 11 is 0. The Hall–Kier alpha value is -0.980. The van der Waals surface area contributed by atoms with Crippen molar-refractivity contribution in [3.8, 4) is 0 Å². The molecule has 0 aromatic heterocycles. The molecular weight excluding hydrogens is 290 g/mol. The van der Waals surface area contributed by atoms with Crippen LogP contribution in [0.4, 0.5) is 0 Å². The average Bonchev–Trinajstić information content (AvgIpc) is 2.45. The summed E-state index contributed by atoms with van der Waals surface area (Å²) in [4.78, 5) is 0. The van der Waals surface area contributed by atoms with Crippen molar-refractivity contribution in [3.05, 3.63) is 0 Å². The van der Waals surface area contributed by atoms with E-state index in [1.54, 1.807) is 0 Å². The molecule has 0 radical (unpaired) electrons. The molecule has 136 valence electrons. The molecule has 1 unspecified atom stereocenters. The Bertz CT molecular complexity index is 390. The highest BCUT2D eigenvalue weighted by molar-refractivity contribution is 5.90. The van der Waals surface area contributed by atoms with Gasteiger partial charge in [0.15, 0.2) is 0 Å². The van der Waals surface area contributed by atoms with Gasteiger partial charge in [0, 0.05) is 5.71 Å². The maximum atomic E-state index is 8.91. The molecule has 0 aromatic rings. The number of hydrogen-bond acceptors (Lipinski definition) is 6. The average molecular weight is 328 g/mol. The fourth-order valence-electron chi connectivity index (χ4n) is 2.23. The number of rotatable bonds is 12. The number of hydrogen-bond donors (Lipinski definition) is 5. The molecule has 0 aliphatic rings. The van der Waals surface area contributed by atoms with E-state index in [4.69, 9.17) is 16.4 Å². The van der Waals surface area contributed by atoms with Crippen molar-refractivity contribution in [2.24, 2.45) is 16.8 Å². The minimum Gasteiger partial charge on any atom is -0.411 e. The van der Waals surface area contributed by atoms with Crippen LogP contribution in [0, 0.1) is 11.3 Å². The van der Waals surface area contributed by atoms with Gasteiger partial charge in [0.2, 0.25) is 0 Å². The van der Waals surface area contributed by atoms with Crippen molar-refractivity contribution in [2.75, 3.05) is 19.6 Å². The van der Waals surface area contributed by atoms with Crippen LogP contribution in [0.15, 0.2) is 5.16 Å². The Morgan fingerprint density at radius 1 is 1.04 bits per heavy atom. The van der Waals surface area contributed by atoms with Crippen LogP contribution < -0.4 is 16.4 Å². The summed E-state index contributed by atoms with van der Waals surface area (Å²) in [5.41, 5.74) is 6.51. The zero-order valence-corrected chi connectivity index (χ0v) is 15.8. The molecule has 0 aromatic carbocycles. The van der Waals surface area contributed by atoms with Gasteiger partial charge in [-0.25, -0.2) is 0 Å². The highest BCUT2D eigenvalue weighted by atomic mass is 16.4. The van der Waals surface area contributed by atoms with Gasteiger partial charge in [-0.3, -0.25) is 0 Å². The minimum absolute atomic E-state index is 0.248. The van der Waals surface area contributed by atoms with Crippen LogP contribution in [-0.4, -0.2) is 47.3 Å². The molecule has 6 heteroatoms. The van der Waals surface area contributed by atoms with E-state index in [1.165, 1.54) is 0 Å². The molecular formula is C17H37N5O.